The molecule has 0 aromatic heterocycles. The van der Waals surface area contributed by atoms with E-state index < -0.39 is 29.4 Å². The molecule has 0 heterocycles. The highest BCUT2D eigenvalue weighted by molar-refractivity contribution is 6.36. The average molecular weight is 297 g/mol. The van der Waals surface area contributed by atoms with Crippen LogP contribution < -0.4 is 0 Å². The van der Waals surface area contributed by atoms with Crippen molar-refractivity contribution in [3.05, 3.63) is 34.9 Å². The van der Waals surface area contributed by atoms with E-state index in [4.69, 9.17) is 16.3 Å². The van der Waals surface area contributed by atoms with Gasteiger partial charge in [0.15, 0.2) is 17.5 Å². The molecule has 108 valence electrons. The second-order valence-corrected chi connectivity index (χ2v) is 4.99. The maximum Gasteiger partial charge on any atom is 0.324 e. The summed E-state index contributed by atoms with van der Waals surface area (Å²) in [6.07, 6.45) is 0. The molecule has 0 aliphatic carbocycles. The van der Waals surface area contributed by atoms with Crippen LogP contribution in [0.25, 0.3) is 0 Å². The maximum atomic E-state index is 12.4. The summed E-state index contributed by atoms with van der Waals surface area (Å²) in [5, 5.41) is 0.211. The molecule has 1 rings (SSSR count). The summed E-state index contributed by atoms with van der Waals surface area (Å²) in [5.41, 5.74) is 0.154. The van der Waals surface area contributed by atoms with Crippen molar-refractivity contribution < 1.29 is 19.1 Å². The standard InChI is InChI=1S/C15H17ClO4/c1-4-20-15(19)12(13(17)9(2)3)14(18)10-7-5-6-8-11(10)16/h5-9,12H,4H2,1-3H3. The Morgan fingerprint density at radius 2 is 1.80 bits per heavy atom. The van der Waals surface area contributed by atoms with E-state index in [-0.39, 0.29) is 17.2 Å². The Morgan fingerprint density at radius 1 is 1.20 bits per heavy atom. The molecule has 0 amide bonds. The molecule has 0 N–H and O–H groups in total. The Hall–Kier alpha value is -1.68. The van der Waals surface area contributed by atoms with Gasteiger partial charge in [0.25, 0.3) is 0 Å². The van der Waals surface area contributed by atoms with Crippen molar-refractivity contribution >= 4 is 29.1 Å². The summed E-state index contributed by atoms with van der Waals surface area (Å²) in [5.74, 6) is -3.80. The number of esters is 1. The van der Waals surface area contributed by atoms with Crippen LogP contribution in [0.1, 0.15) is 31.1 Å². The van der Waals surface area contributed by atoms with Crippen molar-refractivity contribution in [2.24, 2.45) is 11.8 Å². The average Bonchev–Trinajstić information content (AvgIpc) is 2.39. The minimum absolute atomic E-state index is 0.108. The molecule has 0 aliphatic heterocycles. The number of ether oxygens (including phenoxy) is 1. The van der Waals surface area contributed by atoms with Gasteiger partial charge in [-0.2, -0.15) is 0 Å². The van der Waals surface area contributed by atoms with E-state index in [9.17, 15) is 14.4 Å². The molecule has 0 radical (unpaired) electrons. The van der Waals surface area contributed by atoms with Crippen LogP contribution in [0.4, 0.5) is 0 Å². The quantitative estimate of drug-likeness (QED) is 0.460. The molecular weight excluding hydrogens is 280 g/mol. The second-order valence-electron chi connectivity index (χ2n) is 4.59. The summed E-state index contributed by atoms with van der Waals surface area (Å²) in [6.45, 7) is 4.99. The molecule has 0 spiro atoms. The number of hydrogen-bond donors (Lipinski definition) is 0. The zero-order chi connectivity index (χ0) is 15.3. The Bertz CT molecular complexity index is 522. The third kappa shape index (κ3) is 3.67. The van der Waals surface area contributed by atoms with Crippen molar-refractivity contribution in [2.45, 2.75) is 20.8 Å². The van der Waals surface area contributed by atoms with Crippen LogP contribution in [0.3, 0.4) is 0 Å². The van der Waals surface area contributed by atoms with Crippen LogP contribution in [0.15, 0.2) is 24.3 Å². The van der Waals surface area contributed by atoms with Crippen LogP contribution in [-0.2, 0) is 14.3 Å². The first-order valence-electron chi connectivity index (χ1n) is 6.39. The molecule has 5 heteroatoms. The van der Waals surface area contributed by atoms with Crippen LogP contribution in [0.5, 0.6) is 0 Å². The Balaban J connectivity index is 3.17. The minimum atomic E-state index is -1.45. The maximum absolute atomic E-state index is 12.4. The summed E-state index contributed by atoms with van der Waals surface area (Å²) >= 11 is 5.94. The predicted octanol–water partition coefficient (Wildman–Crippen LogP) is 2.93. The molecule has 0 saturated carbocycles. The fourth-order valence-electron chi connectivity index (χ4n) is 1.73. The van der Waals surface area contributed by atoms with Gasteiger partial charge in [0.2, 0.25) is 0 Å². The first-order valence-corrected chi connectivity index (χ1v) is 6.77. The third-order valence-corrected chi connectivity index (χ3v) is 3.11. The number of hydrogen-bond acceptors (Lipinski definition) is 4. The van der Waals surface area contributed by atoms with Gasteiger partial charge in [0, 0.05) is 11.5 Å². The van der Waals surface area contributed by atoms with Gasteiger partial charge in [0.1, 0.15) is 0 Å². The summed E-state index contributed by atoms with van der Waals surface area (Å²) in [6, 6.07) is 6.32. The molecule has 1 aromatic rings. The number of carbonyl (C=O) groups is 3. The van der Waals surface area contributed by atoms with Crippen LogP contribution in [0, 0.1) is 11.8 Å². The molecular formula is C15H17ClO4. The molecule has 4 nitrogen and oxygen atoms in total. The molecule has 0 fully saturated rings. The second kappa shape index (κ2) is 7.20. The van der Waals surface area contributed by atoms with Gasteiger partial charge >= 0.3 is 5.97 Å². The number of rotatable bonds is 6. The molecule has 0 aliphatic rings. The zero-order valence-corrected chi connectivity index (χ0v) is 12.4. The fourth-order valence-corrected chi connectivity index (χ4v) is 1.96. The lowest BCUT2D eigenvalue weighted by Gasteiger charge is -2.16. The SMILES string of the molecule is CCOC(=O)C(C(=O)c1ccccc1Cl)C(=O)C(C)C. The van der Waals surface area contributed by atoms with Gasteiger partial charge < -0.3 is 4.74 Å². The third-order valence-electron chi connectivity index (χ3n) is 2.78. The predicted molar refractivity (Wildman–Crippen MR) is 75.8 cm³/mol. The van der Waals surface area contributed by atoms with E-state index in [1.165, 1.54) is 12.1 Å². The van der Waals surface area contributed by atoms with E-state index in [1.807, 2.05) is 0 Å². The fraction of sp³-hybridized carbons (Fsp3) is 0.400. The number of benzene rings is 1. The molecule has 1 unspecified atom stereocenters. The van der Waals surface area contributed by atoms with Gasteiger partial charge in [-0.3, -0.25) is 14.4 Å². The largest absolute Gasteiger partial charge is 0.465 e. The van der Waals surface area contributed by atoms with Crippen LogP contribution >= 0.6 is 11.6 Å². The number of Topliss-reactive ketones (excluding diaryl/α,β-unsaturated/α-hetero) is 2. The van der Waals surface area contributed by atoms with Gasteiger partial charge in [-0.05, 0) is 19.1 Å². The van der Waals surface area contributed by atoms with E-state index in [0.717, 1.165) is 0 Å². The van der Waals surface area contributed by atoms with Crippen molar-refractivity contribution in [1.29, 1.82) is 0 Å². The lowest BCUT2D eigenvalue weighted by molar-refractivity contribution is -0.150. The summed E-state index contributed by atoms with van der Waals surface area (Å²) < 4.78 is 4.83. The van der Waals surface area contributed by atoms with Gasteiger partial charge in [0.05, 0.1) is 11.6 Å². The van der Waals surface area contributed by atoms with E-state index in [1.54, 1.807) is 32.9 Å². The molecule has 1 atom stereocenters. The van der Waals surface area contributed by atoms with E-state index >= 15 is 0 Å². The molecule has 20 heavy (non-hydrogen) atoms. The van der Waals surface area contributed by atoms with Crippen LogP contribution in [0.2, 0.25) is 5.02 Å². The normalized spacial score (nSPS) is 12.1. The Kier molecular flexibility index (Phi) is 5.89. The lowest BCUT2D eigenvalue weighted by Crippen LogP contribution is -2.36. The summed E-state index contributed by atoms with van der Waals surface area (Å²) in [4.78, 5) is 36.5. The summed E-state index contributed by atoms with van der Waals surface area (Å²) in [7, 11) is 0. The van der Waals surface area contributed by atoms with Crippen LogP contribution in [-0.4, -0.2) is 24.1 Å². The minimum Gasteiger partial charge on any atom is -0.465 e. The molecule has 1 aromatic carbocycles. The number of ketones is 2. The van der Waals surface area contributed by atoms with Gasteiger partial charge in [-0.1, -0.05) is 37.6 Å². The van der Waals surface area contributed by atoms with E-state index in [0.29, 0.717) is 0 Å². The van der Waals surface area contributed by atoms with Gasteiger partial charge in [-0.15, -0.1) is 0 Å². The smallest absolute Gasteiger partial charge is 0.324 e. The van der Waals surface area contributed by atoms with E-state index in [2.05, 4.69) is 0 Å². The lowest BCUT2D eigenvalue weighted by atomic mass is 9.88. The highest BCUT2D eigenvalue weighted by atomic mass is 35.5. The first-order chi connectivity index (χ1) is 9.40. The molecule has 0 bridgehead atoms. The first kappa shape index (κ1) is 16.4. The highest BCUT2D eigenvalue weighted by Gasteiger charge is 2.37. The monoisotopic (exact) mass is 296 g/mol. The number of halogens is 1. The van der Waals surface area contributed by atoms with Crippen molar-refractivity contribution in [3.8, 4) is 0 Å². The highest BCUT2D eigenvalue weighted by Crippen LogP contribution is 2.22. The number of carbonyl (C=O) groups excluding carboxylic acids is 3. The van der Waals surface area contributed by atoms with Crippen molar-refractivity contribution in [2.75, 3.05) is 6.61 Å². The van der Waals surface area contributed by atoms with Crippen molar-refractivity contribution in [1.82, 2.24) is 0 Å². The Morgan fingerprint density at radius 3 is 2.30 bits per heavy atom. The Labute approximate surface area is 123 Å². The topological polar surface area (TPSA) is 60.4 Å². The van der Waals surface area contributed by atoms with Crippen molar-refractivity contribution in [3.63, 3.8) is 0 Å². The molecule has 0 saturated heterocycles. The zero-order valence-electron chi connectivity index (χ0n) is 11.7. The van der Waals surface area contributed by atoms with Gasteiger partial charge in [-0.25, -0.2) is 0 Å².